The van der Waals surface area contributed by atoms with Crippen molar-refractivity contribution in [2.75, 3.05) is 6.61 Å². The van der Waals surface area contributed by atoms with Gasteiger partial charge in [0.25, 0.3) is 0 Å². The molecule has 2 aliphatic rings. The lowest BCUT2D eigenvalue weighted by atomic mass is 9.77. The molecule has 0 saturated heterocycles. The van der Waals surface area contributed by atoms with Crippen LogP contribution in [0.3, 0.4) is 0 Å². The standard InChI is InChI=1S/C16H23NO/c1-11-3-2-4-13(9-11)16(17)14-5-6-15-12(10-14)7-8-18-15/h5-6,10-11,13,16H,2-4,7-9,17H2,1H3. The van der Waals surface area contributed by atoms with Crippen molar-refractivity contribution in [3.05, 3.63) is 29.3 Å². The quantitative estimate of drug-likeness (QED) is 0.866. The van der Waals surface area contributed by atoms with Gasteiger partial charge in [0.2, 0.25) is 0 Å². The number of ether oxygens (including phenoxy) is 1. The van der Waals surface area contributed by atoms with E-state index in [0.29, 0.717) is 5.92 Å². The molecule has 1 aromatic rings. The van der Waals surface area contributed by atoms with Crippen LogP contribution >= 0.6 is 0 Å². The molecule has 0 spiro atoms. The van der Waals surface area contributed by atoms with Crippen LogP contribution in [-0.4, -0.2) is 6.61 Å². The summed E-state index contributed by atoms with van der Waals surface area (Å²) in [5, 5.41) is 0. The highest BCUT2D eigenvalue weighted by Gasteiger charge is 2.26. The molecule has 0 amide bonds. The van der Waals surface area contributed by atoms with E-state index in [1.807, 2.05) is 0 Å². The predicted molar refractivity (Wildman–Crippen MR) is 73.7 cm³/mol. The molecule has 0 bridgehead atoms. The Hall–Kier alpha value is -1.02. The maximum Gasteiger partial charge on any atom is 0.122 e. The van der Waals surface area contributed by atoms with Gasteiger partial charge in [0, 0.05) is 12.5 Å². The van der Waals surface area contributed by atoms with Crippen LogP contribution < -0.4 is 10.5 Å². The Kier molecular flexibility index (Phi) is 3.29. The summed E-state index contributed by atoms with van der Waals surface area (Å²) in [6.45, 7) is 3.18. The van der Waals surface area contributed by atoms with Gasteiger partial charge in [0.05, 0.1) is 6.61 Å². The van der Waals surface area contributed by atoms with E-state index in [1.165, 1.54) is 36.8 Å². The zero-order valence-corrected chi connectivity index (χ0v) is 11.2. The van der Waals surface area contributed by atoms with E-state index >= 15 is 0 Å². The molecule has 1 fully saturated rings. The van der Waals surface area contributed by atoms with Crippen LogP contribution in [0, 0.1) is 11.8 Å². The first-order chi connectivity index (χ1) is 8.74. The Morgan fingerprint density at radius 1 is 1.33 bits per heavy atom. The average molecular weight is 245 g/mol. The molecule has 2 nitrogen and oxygen atoms in total. The molecular weight excluding hydrogens is 222 g/mol. The highest BCUT2D eigenvalue weighted by Crippen LogP contribution is 2.37. The summed E-state index contributed by atoms with van der Waals surface area (Å²) < 4.78 is 5.55. The third kappa shape index (κ3) is 2.26. The lowest BCUT2D eigenvalue weighted by Gasteiger charge is -2.31. The van der Waals surface area contributed by atoms with Crippen molar-refractivity contribution < 1.29 is 4.74 Å². The first-order valence-corrected chi connectivity index (χ1v) is 7.25. The van der Waals surface area contributed by atoms with Crippen LogP contribution in [0.5, 0.6) is 5.75 Å². The van der Waals surface area contributed by atoms with E-state index < -0.39 is 0 Å². The Morgan fingerprint density at radius 2 is 2.22 bits per heavy atom. The van der Waals surface area contributed by atoms with Gasteiger partial charge in [-0.3, -0.25) is 0 Å². The molecule has 0 radical (unpaired) electrons. The lowest BCUT2D eigenvalue weighted by Crippen LogP contribution is -2.26. The Bertz CT molecular complexity index is 429. The van der Waals surface area contributed by atoms with Gasteiger partial charge < -0.3 is 10.5 Å². The summed E-state index contributed by atoms with van der Waals surface area (Å²) in [7, 11) is 0. The first-order valence-electron chi connectivity index (χ1n) is 7.25. The fourth-order valence-corrected chi connectivity index (χ4v) is 3.49. The third-order valence-corrected chi connectivity index (χ3v) is 4.58. The largest absolute Gasteiger partial charge is 0.493 e. The molecule has 3 atom stereocenters. The molecule has 2 N–H and O–H groups in total. The molecule has 1 heterocycles. The Labute approximate surface area is 110 Å². The van der Waals surface area contributed by atoms with Gasteiger partial charge >= 0.3 is 0 Å². The van der Waals surface area contributed by atoms with Crippen LogP contribution in [0.1, 0.15) is 49.8 Å². The van der Waals surface area contributed by atoms with E-state index in [0.717, 1.165) is 24.7 Å². The van der Waals surface area contributed by atoms with Crippen molar-refractivity contribution in [2.24, 2.45) is 17.6 Å². The maximum atomic E-state index is 6.49. The van der Waals surface area contributed by atoms with Crippen molar-refractivity contribution >= 4 is 0 Å². The number of nitrogens with two attached hydrogens (primary N) is 1. The van der Waals surface area contributed by atoms with Crippen molar-refractivity contribution in [1.82, 2.24) is 0 Å². The second-order valence-electron chi connectivity index (χ2n) is 6.02. The van der Waals surface area contributed by atoms with Gasteiger partial charge in [-0.05, 0) is 41.9 Å². The van der Waals surface area contributed by atoms with E-state index in [4.69, 9.17) is 10.5 Å². The molecular formula is C16H23NO. The van der Waals surface area contributed by atoms with Gasteiger partial charge in [-0.15, -0.1) is 0 Å². The highest BCUT2D eigenvalue weighted by molar-refractivity contribution is 5.40. The Morgan fingerprint density at radius 3 is 3.06 bits per heavy atom. The number of hydrogen-bond acceptors (Lipinski definition) is 2. The minimum absolute atomic E-state index is 0.207. The summed E-state index contributed by atoms with van der Waals surface area (Å²) in [4.78, 5) is 0. The fourth-order valence-electron chi connectivity index (χ4n) is 3.49. The molecule has 98 valence electrons. The number of rotatable bonds is 2. The lowest BCUT2D eigenvalue weighted by molar-refractivity contribution is 0.248. The van der Waals surface area contributed by atoms with Gasteiger partial charge in [-0.25, -0.2) is 0 Å². The van der Waals surface area contributed by atoms with Crippen LogP contribution in [0.2, 0.25) is 0 Å². The zero-order valence-electron chi connectivity index (χ0n) is 11.2. The number of fused-ring (bicyclic) bond motifs is 1. The predicted octanol–water partition coefficient (Wildman–Crippen LogP) is 3.45. The van der Waals surface area contributed by atoms with E-state index in [9.17, 15) is 0 Å². The van der Waals surface area contributed by atoms with Gasteiger partial charge in [0.1, 0.15) is 5.75 Å². The molecule has 3 unspecified atom stereocenters. The van der Waals surface area contributed by atoms with Crippen molar-refractivity contribution in [2.45, 2.75) is 45.1 Å². The molecule has 3 rings (SSSR count). The zero-order chi connectivity index (χ0) is 12.5. The second-order valence-corrected chi connectivity index (χ2v) is 6.02. The van der Waals surface area contributed by atoms with Crippen LogP contribution in [0.25, 0.3) is 0 Å². The normalized spacial score (nSPS) is 28.6. The summed E-state index contributed by atoms with van der Waals surface area (Å²) >= 11 is 0. The molecule has 18 heavy (non-hydrogen) atoms. The molecule has 1 aromatic carbocycles. The molecule has 0 aromatic heterocycles. The second kappa shape index (κ2) is 4.93. The van der Waals surface area contributed by atoms with E-state index in [-0.39, 0.29) is 6.04 Å². The van der Waals surface area contributed by atoms with Gasteiger partial charge in [0.15, 0.2) is 0 Å². The minimum atomic E-state index is 0.207. The van der Waals surface area contributed by atoms with Crippen molar-refractivity contribution in [3.63, 3.8) is 0 Å². The molecule has 2 heteroatoms. The monoisotopic (exact) mass is 245 g/mol. The fraction of sp³-hybridized carbons (Fsp3) is 0.625. The van der Waals surface area contributed by atoms with Crippen LogP contribution in [0.4, 0.5) is 0 Å². The van der Waals surface area contributed by atoms with E-state index in [2.05, 4.69) is 25.1 Å². The summed E-state index contributed by atoms with van der Waals surface area (Å²) in [6, 6.07) is 6.74. The highest BCUT2D eigenvalue weighted by atomic mass is 16.5. The first kappa shape index (κ1) is 12.0. The average Bonchev–Trinajstić information content (AvgIpc) is 2.85. The summed E-state index contributed by atoms with van der Waals surface area (Å²) in [5.41, 5.74) is 9.13. The van der Waals surface area contributed by atoms with Crippen LogP contribution in [-0.2, 0) is 6.42 Å². The van der Waals surface area contributed by atoms with Crippen LogP contribution in [0.15, 0.2) is 18.2 Å². The summed E-state index contributed by atoms with van der Waals surface area (Å²) in [6.07, 6.45) is 6.33. The number of hydrogen-bond donors (Lipinski definition) is 1. The molecule has 1 saturated carbocycles. The maximum absolute atomic E-state index is 6.49. The Balaban J connectivity index is 1.77. The molecule has 1 aliphatic carbocycles. The van der Waals surface area contributed by atoms with Crippen molar-refractivity contribution in [3.8, 4) is 5.75 Å². The summed E-state index contributed by atoms with van der Waals surface area (Å²) in [5.74, 6) is 2.56. The van der Waals surface area contributed by atoms with Gasteiger partial charge in [-0.1, -0.05) is 31.9 Å². The van der Waals surface area contributed by atoms with Crippen molar-refractivity contribution in [1.29, 1.82) is 0 Å². The number of benzene rings is 1. The molecule has 1 aliphatic heterocycles. The SMILES string of the molecule is CC1CCCC(C(N)c2ccc3c(c2)CCO3)C1. The topological polar surface area (TPSA) is 35.2 Å². The third-order valence-electron chi connectivity index (χ3n) is 4.58. The van der Waals surface area contributed by atoms with E-state index in [1.54, 1.807) is 0 Å². The smallest absolute Gasteiger partial charge is 0.122 e. The van der Waals surface area contributed by atoms with Gasteiger partial charge in [-0.2, -0.15) is 0 Å². The minimum Gasteiger partial charge on any atom is -0.493 e.